The molecule has 1 heterocycles. The fraction of sp³-hybridized carbons (Fsp3) is 0.600. The minimum absolute atomic E-state index is 0.345. The van der Waals surface area contributed by atoms with E-state index >= 15 is 0 Å². The molecule has 5 heteroatoms. The molecule has 0 radical (unpaired) electrons. The van der Waals surface area contributed by atoms with Crippen LogP contribution in [-0.4, -0.2) is 16.4 Å². The topological polar surface area (TPSA) is 64.9 Å². The van der Waals surface area contributed by atoms with Crippen LogP contribution in [-0.2, 0) is 12.3 Å². The highest BCUT2D eigenvalue weighted by Crippen LogP contribution is 2.05. The summed E-state index contributed by atoms with van der Waals surface area (Å²) in [7, 11) is 0. The molecule has 0 aliphatic rings. The standard InChI is InChI=1S/C5H9N3OS/c1-10-3-5-7-4(2-6)8-9-5/h2-3,6H2,1H3. The highest BCUT2D eigenvalue weighted by Gasteiger charge is 2.01. The van der Waals surface area contributed by atoms with Crippen molar-refractivity contribution in [2.75, 3.05) is 6.26 Å². The Bertz CT molecular complexity index is 201. The summed E-state index contributed by atoms with van der Waals surface area (Å²) in [4.78, 5) is 3.99. The Labute approximate surface area is 63.2 Å². The smallest absolute Gasteiger partial charge is 0.236 e. The summed E-state index contributed by atoms with van der Waals surface area (Å²) in [5.41, 5.74) is 5.27. The van der Waals surface area contributed by atoms with Gasteiger partial charge in [0.15, 0.2) is 5.82 Å². The molecule has 0 amide bonds. The van der Waals surface area contributed by atoms with Crippen LogP contribution < -0.4 is 5.73 Å². The third-order valence-corrected chi connectivity index (χ3v) is 1.50. The van der Waals surface area contributed by atoms with Crippen molar-refractivity contribution in [2.24, 2.45) is 5.73 Å². The van der Waals surface area contributed by atoms with Gasteiger partial charge in [-0.3, -0.25) is 0 Å². The highest BCUT2D eigenvalue weighted by molar-refractivity contribution is 7.97. The Kier molecular flexibility index (Phi) is 2.70. The van der Waals surface area contributed by atoms with Crippen LogP contribution >= 0.6 is 11.8 Å². The minimum Gasteiger partial charge on any atom is -0.338 e. The van der Waals surface area contributed by atoms with Gasteiger partial charge in [-0.15, -0.1) is 0 Å². The first kappa shape index (κ1) is 7.56. The van der Waals surface area contributed by atoms with Gasteiger partial charge < -0.3 is 10.3 Å². The van der Waals surface area contributed by atoms with Crippen LogP contribution in [0.25, 0.3) is 0 Å². The molecule has 0 aliphatic heterocycles. The Balaban J connectivity index is 2.59. The first-order valence-electron chi connectivity index (χ1n) is 2.87. The van der Waals surface area contributed by atoms with E-state index in [0.29, 0.717) is 18.3 Å². The van der Waals surface area contributed by atoms with E-state index in [1.54, 1.807) is 11.8 Å². The normalized spacial score (nSPS) is 10.2. The van der Waals surface area contributed by atoms with E-state index in [-0.39, 0.29) is 0 Å². The summed E-state index contributed by atoms with van der Waals surface area (Å²) >= 11 is 1.64. The van der Waals surface area contributed by atoms with Gasteiger partial charge in [-0.05, 0) is 6.26 Å². The van der Waals surface area contributed by atoms with Crippen molar-refractivity contribution in [1.29, 1.82) is 0 Å². The first-order valence-corrected chi connectivity index (χ1v) is 4.26. The molecule has 0 aromatic carbocycles. The summed E-state index contributed by atoms with van der Waals surface area (Å²) in [6.07, 6.45) is 1.98. The number of rotatable bonds is 3. The molecule has 0 unspecified atom stereocenters. The molecule has 0 bridgehead atoms. The Morgan fingerprint density at radius 1 is 1.70 bits per heavy atom. The second-order valence-electron chi connectivity index (χ2n) is 1.74. The summed E-state index contributed by atoms with van der Waals surface area (Å²) < 4.78 is 4.83. The maximum atomic E-state index is 5.27. The van der Waals surface area contributed by atoms with Gasteiger partial charge in [-0.1, -0.05) is 5.16 Å². The van der Waals surface area contributed by atoms with Gasteiger partial charge in [0.2, 0.25) is 5.89 Å². The zero-order valence-corrected chi connectivity index (χ0v) is 6.52. The van der Waals surface area contributed by atoms with E-state index in [1.165, 1.54) is 0 Å². The van der Waals surface area contributed by atoms with Gasteiger partial charge >= 0.3 is 0 Å². The molecule has 0 saturated heterocycles. The summed E-state index contributed by atoms with van der Waals surface area (Å²) in [5, 5.41) is 3.63. The molecule has 0 fully saturated rings. The number of aromatic nitrogens is 2. The fourth-order valence-electron chi connectivity index (χ4n) is 0.555. The SMILES string of the molecule is CSCc1nc(CN)no1. The first-order chi connectivity index (χ1) is 4.86. The van der Waals surface area contributed by atoms with E-state index in [2.05, 4.69) is 10.1 Å². The molecule has 1 rings (SSSR count). The molecule has 0 spiro atoms. The average molecular weight is 159 g/mol. The van der Waals surface area contributed by atoms with E-state index in [9.17, 15) is 0 Å². The second kappa shape index (κ2) is 3.58. The third-order valence-electron chi connectivity index (χ3n) is 0.961. The molecular weight excluding hydrogens is 150 g/mol. The molecule has 0 saturated carbocycles. The van der Waals surface area contributed by atoms with Crippen molar-refractivity contribution < 1.29 is 4.52 Å². The Morgan fingerprint density at radius 2 is 2.50 bits per heavy atom. The van der Waals surface area contributed by atoms with E-state index < -0.39 is 0 Å². The molecule has 0 aliphatic carbocycles. The number of nitrogens with two attached hydrogens (primary N) is 1. The van der Waals surface area contributed by atoms with E-state index in [1.807, 2.05) is 6.26 Å². The van der Waals surface area contributed by atoms with Crippen LogP contribution in [0.4, 0.5) is 0 Å². The monoisotopic (exact) mass is 159 g/mol. The highest BCUT2D eigenvalue weighted by atomic mass is 32.2. The lowest BCUT2D eigenvalue weighted by molar-refractivity contribution is 0.385. The lowest BCUT2D eigenvalue weighted by atomic mass is 10.6. The number of hydrogen-bond acceptors (Lipinski definition) is 5. The number of thioether (sulfide) groups is 1. The maximum Gasteiger partial charge on any atom is 0.236 e. The van der Waals surface area contributed by atoms with Crippen LogP contribution in [0.3, 0.4) is 0 Å². The molecule has 56 valence electrons. The molecule has 2 N–H and O–H groups in total. The molecule has 1 aromatic rings. The van der Waals surface area contributed by atoms with Gasteiger partial charge in [0.1, 0.15) is 0 Å². The quantitative estimate of drug-likeness (QED) is 0.691. The largest absolute Gasteiger partial charge is 0.338 e. The predicted molar refractivity (Wildman–Crippen MR) is 39.4 cm³/mol. The van der Waals surface area contributed by atoms with Crippen LogP contribution in [0.5, 0.6) is 0 Å². The van der Waals surface area contributed by atoms with Crippen molar-refractivity contribution in [1.82, 2.24) is 10.1 Å². The lowest BCUT2D eigenvalue weighted by Crippen LogP contribution is -1.97. The zero-order valence-electron chi connectivity index (χ0n) is 5.70. The summed E-state index contributed by atoms with van der Waals surface area (Å²) in [6, 6.07) is 0. The zero-order chi connectivity index (χ0) is 7.40. The maximum absolute atomic E-state index is 5.27. The van der Waals surface area contributed by atoms with E-state index in [0.717, 1.165) is 5.75 Å². The van der Waals surface area contributed by atoms with Gasteiger partial charge in [-0.2, -0.15) is 16.7 Å². The minimum atomic E-state index is 0.345. The molecule has 4 nitrogen and oxygen atoms in total. The van der Waals surface area contributed by atoms with Crippen LogP contribution in [0.1, 0.15) is 11.7 Å². The van der Waals surface area contributed by atoms with Gasteiger partial charge in [0, 0.05) is 0 Å². The van der Waals surface area contributed by atoms with E-state index in [4.69, 9.17) is 10.3 Å². The lowest BCUT2D eigenvalue weighted by Gasteiger charge is -1.83. The van der Waals surface area contributed by atoms with Crippen molar-refractivity contribution in [3.05, 3.63) is 11.7 Å². The summed E-state index contributed by atoms with van der Waals surface area (Å²) in [6.45, 7) is 0.345. The number of hydrogen-bond donors (Lipinski definition) is 1. The van der Waals surface area contributed by atoms with Crippen molar-refractivity contribution in [3.63, 3.8) is 0 Å². The van der Waals surface area contributed by atoms with Gasteiger partial charge in [0.05, 0.1) is 12.3 Å². The summed E-state index contributed by atoms with van der Waals surface area (Å²) in [5.74, 6) is 1.98. The van der Waals surface area contributed by atoms with Crippen LogP contribution in [0, 0.1) is 0 Å². The van der Waals surface area contributed by atoms with Gasteiger partial charge in [0.25, 0.3) is 0 Å². The number of nitrogens with zero attached hydrogens (tertiary/aromatic N) is 2. The predicted octanol–water partition coefficient (Wildman–Crippen LogP) is 0.391. The van der Waals surface area contributed by atoms with Crippen molar-refractivity contribution in [3.8, 4) is 0 Å². The van der Waals surface area contributed by atoms with Gasteiger partial charge in [-0.25, -0.2) is 0 Å². The fourth-order valence-corrected chi connectivity index (χ4v) is 0.919. The second-order valence-corrected chi connectivity index (χ2v) is 2.61. The Morgan fingerprint density at radius 3 is 3.00 bits per heavy atom. The molecular formula is C5H9N3OS. The van der Waals surface area contributed by atoms with Crippen molar-refractivity contribution >= 4 is 11.8 Å². The van der Waals surface area contributed by atoms with Crippen molar-refractivity contribution in [2.45, 2.75) is 12.3 Å². The molecule has 10 heavy (non-hydrogen) atoms. The Hall–Kier alpha value is -0.550. The third kappa shape index (κ3) is 1.71. The molecule has 1 aromatic heterocycles. The molecule has 0 atom stereocenters. The van der Waals surface area contributed by atoms with Crippen LogP contribution in [0.2, 0.25) is 0 Å². The average Bonchev–Trinajstić information content (AvgIpc) is 2.37. The van der Waals surface area contributed by atoms with Crippen LogP contribution in [0.15, 0.2) is 4.52 Å².